The molecule has 0 unspecified atom stereocenters. The van der Waals surface area contributed by atoms with Gasteiger partial charge in [0, 0.05) is 17.8 Å². The molecule has 0 aliphatic heterocycles. The van der Waals surface area contributed by atoms with E-state index in [2.05, 4.69) is 5.32 Å². The minimum Gasteiger partial charge on any atom is -0.399 e. The molecule has 5 nitrogen and oxygen atoms in total. The summed E-state index contributed by atoms with van der Waals surface area (Å²) in [7, 11) is 0. The Morgan fingerprint density at radius 2 is 2.21 bits per heavy atom. The highest BCUT2D eigenvalue weighted by molar-refractivity contribution is 5.67. The first kappa shape index (κ1) is 8.80. The predicted octanol–water partition coefficient (Wildman–Crippen LogP) is 1.75. The van der Waals surface area contributed by atoms with E-state index in [4.69, 9.17) is 5.73 Å². The zero-order valence-corrected chi connectivity index (χ0v) is 7.56. The number of nitrogen functional groups attached to an aromatic ring is 1. The summed E-state index contributed by atoms with van der Waals surface area (Å²) in [6.07, 6.45) is 2.15. The Morgan fingerprint density at radius 3 is 2.79 bits per heavy atom. The van der Waals surface area contributed by atoms with Crippen molar-refractivity contribution in [3.8, 4) is 0 Å². The van der Waals surface area contributed by atoms with Crippen LogP contribution >= 0.6 is 0 Å². The molecular weight excluding hydrogens is 182 g/mol. The summed E-state index contributed by atoms with van der Waals surface area (Å²) in [6.45, 7) is 0. The van der Waals surface area contributed by atoms with Gasteiger partial charge in [-0.2, -0.15) is 0 Å². The average Bonchev–Trinajstić information content (AvgIpc) is 2.87. The fourth-order valence-corrected chi connectivity index (χ4v) is 1.28. The molecule has 0 spiro atoms. The Morgan fingerprint density at radius 1 is 1.50 bits per heavy atom. The summed E-state index contributed by atoms with van der Waals surface area (Å²) in [6, 6.07) is 4.96. The Bertz CT molecular complexity index is 374. The van der Waals surface area contributed by atoms with Crippen molar-refractivity contribution in [2.24, 2.45) is 0 Å². The smallest absolute Gasteiger partial charge is 0.292 e. The molecule has 0 amide bonds. The summed E-state index contributed by atoms with van der Waals surface area (Å²) in [5, 5.41) is 13.7. The maximum atomic E-state index is 10.7. The second kappa shape index (κ2) is 3.17. The molecule has 0 bridgehead atoms. The molecule has 1 saturated carbocycles. The number of nitro benzene ring substituents is 1. The van der Waals surface area contributed by atoms with E-state index in [1.54, 1.807) is 6.07 Å². The monoisotopic (exact) mass is 193 g/mol. The summed E-state index contributed by atoms with van der Waals surface area (Å²) < 4.78 is 0. The van der Waals surface area contributed by atoms with Crippen LogP contribution in [-0.2, 0) is 0 Å². The van der Waals surface area contributed by atoms with Crippen molar-refractivity contribution < 1.29 is 4.92 Å². The van der Waals surface area contributed by atoms with Crippen molar-refractivity contribution in [2.75, 3.05) is 11.1 Å². The minimum absolute atomic E-state index is 0.0890. The Labute approximate surface area is 81.1 Å². The van der Waals surface area contributed by atoms with Crippen LogP contribution in [0.4, 0.5) is 17.1 Å². The molecule has 1 fully saturated rings. The number of nitrogens with zero attached hydrogens (tertiary/aromatic N) is 1. The van der Waals surface area contributed by atoms with Gasteiger partial charge in [0.15, 0.2) is 0 Å². The Kier molecular flexibility index (Phi) is 1.99. The third-order valence-electron chi connectivity index (χ3n) is 2.15. The molecule has 3 N–H and O–H groups in total. The maximum Gasteiger partial charge on any atom is 0.292 e. The van der Waals surface area contributed by atoms with Crippen molar-refractivity contribution in [3.05, 3.63) is 28.3 Å². The lowest BCUT2D eigenvalue weighted by atomic mass is 10.2. The largest absolute Gasteiger partial charge is 0.399 e. The molecule has 14 heavy (non-hydrogen) atoms. The van der Waals surface area contributed by atoms with Gasteiger partial charge in [0.25, 0.3) is 5.69 Å². The fourth-order valence-electron chi connectivity index (χ4n) is 1.28. The van der Waals surface area contributed by atoms with E-state index in [1.807, 2.05) is 0 Å². The van der Waals surface area contributed by atoms with Gasteiger partial charge < -0.3 is 11.1 Å². The van der Waals surface area contributed by atoms with E-state index >= 15 is 0 Å². The van der Waals surface area contributed by atoms with Gasteiger partial charge in [-0.3, -0.25) is 10.1 Å². The predicted molar refractivity (Wildman–Crippen MR) is 54.2 cm³/mol. The van der Waals surface area contributed by atoms with E-state index in [0.717, 1.165) is 12.8 Å². The Balaban J connectivity index is 2.31. The van der Waals surface area contributed by atoms with Gasteiger partial charge in [0.1, 0.15) is 5.69 Å². The highest BCUT2D eigenvalue weighted by atomic mass is 16.6. The van der Waals surface area contributed by atoms with Gasteiger partial charge in [-0.25, -0.2) is 0 Å². The van der Waals surface area contributed by atoms with Crippen LogP contribution in [0.15, 0.2) is 18.2 Å². The van der Waals surface area contributed by atoms with Crippen LogP contribution in [0.2, 0.25) is 0 Å². The van der Waals surface area contributed by atoms with Crippen molar-refractivity contribution in [2.45, 2.75) is 18.9 Å². The molecule has 0 atom stereocenters. The van der Waals surface area contributed by atoms with Crippen LogP contribution in [-0.4, -0.2) is 11.0 Å². The number of anilines is 2. The number of rotatable bonds is 3. The number of hydrogen-bond acceptors (Lipinski definition) is 4. The first-order chi connectivity index (χ1) is 6.66. The Hall–Kier alpha value is -1.78. The number of hydrogen-bond donors (Lipinski definition) is 2. The van der Waals surface area contributed by atoms with Gasteiger partial charge in [-0.15, -0.1) is 0 Å². The second-order valence-corrected chi connectivity index (χ2v) is 3.45. The molecule has 1 aliphatic carbocycles. The van der Waals surface area contributed by atoms with Crippen LogP contribution in [0.1, 0.15) is 12.8 Å². The summed E-state index contributed by atoms with van der Waals surface area (Å²) in [5.41, 5.74) is 6.72. The lowest BCUT2D eigenvalue weighted by molar-refractivity contribution is -0.383. The van der Waals surface area contributed by atoms with Crippen molar-refractivity contribution in [1.29, 1.82) is 0 Å². The number of nitro groups is 1. The van der Waals surface area contributed by atoms with Crippen molar-refractivity contribution in [3.63, 3.8) is 0 Å². The van der Waals surface area contributed by atoms with Gasteiger partial charge >= 0.3 is 0 Å². The van der Waals surface area contributed by atoms with Gasteiger partial charge in [-0.05, 0) is 25.0 Å². The van der Waals surface area contributed by atoms with Crippen molar-refractivity contribution in [1.82, 2.24) is 0 Å². The first-order valence-corrected chi connectivity index (χ1v) is 4.47. The first-order valence-electron chi connectivity index (χ1n) is 4.47. The summed E-state index contributed by atoms with van der Waals surface area (Å²) in [5.74, 6) is 0. The lowest BCUT2D eigenvalue weighted by Crippen LogP contribution is -2.04. The zero-order chi connectivity index (χ0) is 10.1. The third kappa shape index (κ3) is 1.76. The van der Waals surface area contributed by atoms with Crippen LogP contribution in [0.3, 0.4) is 0 Å². The normalized spacial score (nSPS) is 15.1. The van der Waals surface area contributed by atoms with Gasteiger partial charge in [-0.1, -0.05) is 0 Å². The molecule has 0 heterocycles. The average molecular weight is 193 g/mol. The van der Waals surface area contributed by atoms with Crippen LogP contribution in [0.5, 0.6) is 0 Å². The molecule has 74 valence electrons. The van der Waals surface area contributed by atoms with Crippen LogP contribution in [0.25, 0.3) is 0 Å². The van der Waals surface area contributed by atoms with Gasteiger partial charge in [0.2, 0.25) is 0 Å². The molecule has 1 aromatic carbocycles. The maximum absolute atomic E-state index is 10.7. The molecular formula is C9H11N3O2. The van der Waals surface area contributed by atoms with Gasteiger partial charge in [0.05, 0.1) is 4.92 Å². The molecule has 0 aromatic heterocycles. The van der Waals surface area contributed by atoms with E-state index in [1.165, 1.54) is 12.1 Å². The standard InChI is InChI=1S/C9H11N3O2/c10-6-1-4-9(12(13)14)8(5-6)11-7-2-3-7/h1,4-5,7,11H,2-3,10H2. The highest BCUT2D eigenvalue weighted by Crippen LogP contribution is 2.31. The summed E-state index contributed by atoms with van der Waals surface area (Å²) in [4.78, 5) is 10.3. The minimum atomic E-state index is -0.399. The number of nitrogens with one attached hydrogen (secondary N) is 1. The molecule has 5 heteroatoms. The topological polar surface area (TPSA) is 81.2 Å². The molecule has 2 rings (SSSR count). The second-order valence-electron chi connectivity index (χ2n) is 3.45. The van der Waals surface area contributed by atoms with Crippen molar-refractivity contribution >= 4 is 17.1 Å². The molecule has 0 saturated heterocycles. The SMILES string of the molecule is Nc1ccc([N+](=O)[O-])c(NC2CC2)c1. The number of nitrogens with two attached hydrogens (primary N) is 1. The summed E-state index contributed by atoms with van der Waals surface area (Å²) >= 11 is 0. The highest BCUT2D eigenvalue weighted by Gasteiger charge is 2.24. The van der Waals surface area contributed by atoms with E-state index in [-0.39, 0.29) is 5.69 Å². The lowest BCUT2D eigenvalue weighted by Gasteiger charge is -2.05. The van der Waals surface area contributed by atoms with E-state index in [0.29, 0.717) is 17.4 Å². The van der Waals surface area contributed by atoms with E-state index in [9.17, 15) is 10.1 Å². The number of benzene rings is 1. The molecule has 1 aromatic rings. The third-order valence-corrected chi connectivity index (χ3v) is 2.15. The quantitative estimate of drug-likeness (QED) is 0.435. The molecule has 1 aliphatic rings. The van der Waals surface area contributed by atoms with Crippen LogP contribution < -0.4 is 11.1 Å². The van der Waals surface area contributed by atoms with Crippen LogP contribution in [0, 0.1) is 10.1 Å². The zero-order valence-electron chi connectivity index (χ0n) is 7.56. The molecule has 0 radical (unpaired) electrons. The fraction of sp³-hybridized carbons (Fsp3) is 0.333. The van der Waals surface area contributed by atoms with E-state index < -0.39 is 4.92 Å².